The van der Waals surface area contributed by atoms with E-state index in [9.17, 15) is 4.79 Å². The van der Waals surface area contributed by atoms with Gasteiger partial charge in [0, 0.05) is 42.5 Å². The van der Waals surface area contributed by atoms with Crippen LogP contribution in [0.25, 0.3) is 22.0 Å². The summed E-state index contributed by atoms with van der Waals surface area (Å²) in [6, 6.07) is 16.2. The van der Waals surface area contributed by atoms with Crippen molar-refractivity contribution in [3.05, 3.63) is 78.2 Å². The summed E-state index contributed by atoms with van der Waals surface area (Å²) in [5.74, 6) is 0.0452. The summed E-state index contributed by atoms with van der Waals surface area (Å²) >= 11 is 0. The van der Waals surface area contributed by atoms with Gasteiger partial charge in [0.25, 0.3) is 5.91 Å². The monoisotopic (exact) mass is 386 g/mol. The fourth-order valence-corrected chi connectivity index (χ4v) is 4.10. The first-order valence-corrected chi connectivity index (χ1v) is 9.74. The zero-order valence-electron chi connectivity index (χ0n) is 16.2. The van der Waals surface area contributed by atoms with Gasteiger partial charge in [-0.2, -0.15) is 5.10 Å². The van der Waals surface area contributed by atoms with Gasteiger partial charge in [0.15, 0.2) is 0 Å². The van der Waals surface area contributed by atoms with E-state index in [1.165, 1.54) is 0 Å². The normalized spacial score (nSPS) is 17.0. The quantitative estimate of drug-likeness (QED) is 0.583. The molecular formula is C23H22N4O2. The van der Waals surface area contributed by atoms with Gasteiger partial charge in [0.2, 0.25) is 0 Å². The van der Waals surface area contributed by atoms with Crippen LogP contribution in [-0.4, -0.2) is 45.3 Å². The number of carbonyl (C=O) groups is 1. The van der Waals surface area contributed by atoms with Gasteiger partial charge in [-0.3, -0.25) is 9.89 Å². The Morgan fingerprint density at radius 3 is 2.83 bits per heavy atom. The third kappa shape index (κ3) is 3.11. The summed E-state index contributed by atoms with van der Waals surface area (Å²) in [5.41, 5.74) is 4.95. The van der Waals surface area contributed by atoms with Crippen molar-refractivity contribution in [2.45, 2.75) is 6.04 Å². The van der Waals surface area contributed by atoms with Crippen LogP contribution in [0.5, 0.6) is 0 Å². The number of carbonyl (C=O) groups excluding carboxylic acids is 1. The molecule has 3 heterocycles. The largest absolute Gasteiger partial charge is 0.377 e. The second-order valence-electron chi connectivity index (χ2n) is 7.37. The van der Waals surface area contributed by atoms with Gasteiger partial charge in [0.1, 0.15) is 0 Å². The highest BCUT2D eigenvalue weighted by molar-refractivity contribution is 6.07. The SMILES string of the molecule is Cn1cc(C(=O)N2CCOC[C@@H]2c2ccccc2)c2ccc(-c3cn[nH]c3)cc21. The molecule has 1 fully saturated rings. The van der Waals surface area contributed by atoms with Crippen molar-refractivity contribution in [3.63, 3.8) is 0 Å². The lowest BCUT2D eigenvalue weighted by Crippen LogP contribution is -2.43. The first-order valence-electron chi connectivity index (χ1n) is 9.74. The molecule has 0 bridgehead atoms. The maximum Gasteiger partial charge on any atom is 0.256 e. The maximum absolute atomic E-state index is 13.6. The van der Waals surface area contributed by atoms with Crippen LogP contribution in [0.2, 0.25) is 0 Å². The Kier molecular flexibility index (Phi) is 4.41. The standard InChI is InChI=1S/C23H22N4O2/c1-26-14-20(19-8-7-17(11-21(19)26)18-12-24-25-13-18)23(28)27-9-10-29-15-22(27)16-5-3-2-4-6-16/h2-8,11-14,22H,9-10,15H2,1H3,(H,24,25)/t22-/m1/s1. The second kappa shape index (κ2) is 7.22. The number of ether oxygens (including phenoxy) is 1. The van der Waals surface area contributed by atoms with Gasteiger partial charge in [-0.1, -0.05) is 42.5 Å². The van der Waals surface area contributed by atoms with E-state index in [0.29, 0.717) is 19.8 Å². The number of H-pyrrole nitrogens is 1. The molecule has 5 rings (SSSR count). The van der Waals surface area contributed by atoms with Crippen molar-refractivity contribution in [3.8, 4) is 11.1 Å². The van der Waals surface area contributed by atoms with Gasteiger partial charge in [-0.25, -0.2) is 0 Å². The fraction of sp³-hybridized carbons (Fsp3) is 0.217. The lowest BCUT2D eigenvalue weighted by molar-refractivity contribution is -0.00259. The highest BCUT2D eigenvalue weighted by Crippen LogP contribution is 2.31. The molecule has 0 unspecified atom stereocenters. The number of nitrogens with one attached hydrogen (secondary N) is 1. The van der Waals surface area contributed by atoms with Crippen molar-refractivity contribution in [2.75, 3.05) is 19.8 Å². The van der Waals surface area contributed by atoms with E-state index in [1.54, 1.807) is 6.20 Å². The van der Waals surface area contributed by atoms with Crippen molar-refractivity contribution in [1.29, 1.82) is 0 Å². The predicted molar refractivity (Wildman–Crippen MR) is 112 cm³/mol. The number of nitrogens with zero attached hydrogens (tertiary/aromatic N) is 3. The number of amides is 1. The van der Waals surface area contributed by atoms with Crippen LogP contribution in [0.3, 0.4) is 0 Å². The Morgan fingerprint density at radius 2 is 2.03 bits per heavy atom. The number of aryl methyl sites for hydroxylation is 1. The Balaban J connectivity index is 1.53. The van der Waals surface area contributed by atoms with Crippen molar-refractivity contribution >= 4 is 16.8 Å². The van der Waals surface area contributed by atoms with Gasteiger partial charge < -0.3 is 14.2 Å². The first-order chi connectivity index (χ1) is 14.2. The van der Waals surface area contributed by atoms with Gasteiger partial charge in [-0.05, 0) is 17.2 Å². The summed E-state index contributed by atoms with van der Waals surface area (Å²) in [5, 5.41) is 7.84. The molecule has 0 spiro atoms. The number of hydrogen-bond acceptors (Lipinski definition) is 3. The molecule has 146 valence electrons. The van der Waals surface area contributed by atoms with Crippen LogP contribution in [-0.2, 0) is 11.8 Å². The highest BCUT2D eigenvalue weighted by Gasteiger charge is 2.30. The number of rotatable bonds is 3. The lowest BCUT2D eigenvalue weighted by Gasteiger charge is -2.36. The first kappa shape index (κ1) is 17.7. The number of fused-ring (bicyclic) bond motifs is 1. The topological polar surface area (TPSA) is 63.1 Å². The van der Waals surface area contributed by atoms with Crippen molar-refractivity contribution < 1.29 is 9.53 Å². The molecule has 1 aliphatic rings. The Hall–Kier alpha value is -3.38. The Morgan fingerprint density at radius 1 is 1.17 bits per heavy atom. The number of benzene rings is 2. The molecule has 6 nitrogen and oxygen atoms in total. The van der Waals surface area contributed by atoms with Crippen molar-refractivity contribution in [2.24, 2.45) is 7.05 Å². The van der Waals surface area contributed by atoms with E-state index in [1.807, 2.05) is 59.2 Å². The lowest BCUT2D eigenvalue weighted by atomic mass is 10.0. The fourth-order valence-electron chi connectivity index (χ4n) is 4.10. The molecule has 1 atom stereocenters. The minimum absolute atomic E-state index is 0.0452. The van der Waals surface area contributed by atoms with Gasteiger partial charge in [-0.15, -0.1) is 0 Å². The zero-order valence-corrected chi connectivity index (χ0v) is 16.2. The number of aromatic amines is 1. The van der Waals surface area contributed by atoms with Crippen LogP contribution in [0.4, 0.5) is 0 Å². The van der Waals surface area contributed by atoms with E-state index in [-0.39, 0.29) is 11.9 Å². The molecule has 2 aromatic heterocycles. The molecule has 1 N–H and O–H groups in total. The van der Waals surface area contributed by atoms with E-state index in [4.69, 9.17) is 4.74 Å². The molecular weight excluding hydrogens is 364 g/mol. The summed E-state index contributed by atoms with van der Waals surface area (Å²) in [4.78, 5) is 15.5. The smallest absolute Gasteiger partial charge is 0.256 e. The molecule has 0 aliphatic carbocycles. The van der Waals surface area contributed by atoms with E-state index in [2.05, 4.69) is 28.4 Å². The van der Waals surface area contributed by atoms with Crippen LogP contribution in [0, 0.1) is 0 Å². The minimum atomic E-state index is -0.0714. The number of aromatic nitrogens is 3. The average molecular weight is 386 g/mol. The van der Waals surface area contributed by atoms with E-state index >= 15 is 0 Å². The van der Waals surface area contributed by atoms with Crippen LogP contribution in [0.1, 0.15) is 22.0 Å². The number of hydrogen-bond donors (Lipinski definition) is 1. The Bertz CT molecular complexity index is 1150. The molecule has 2 aromatic carbocycles. The van der Waals surface area contributed by atoms with E-state index in [0.717, 1.165) is 33.2 Å². The highest BCUT2D eigenvalue weighted by atomic mass is 16.5. The molecule has 0 saturated carbocycles. The van der Waals surface area contributed by atoms with Gasteiger partial charge in [0.05, 0.1) is 31.0 Å². The molecule has 1 amide bonds. The molecule has 29 heavy (non-hydrogen) atoms. The maximum atomic E-state index is 13.6. The van der Waals surface area contributed by atoms with Crippen molar-refractivity contribution in [1.82, 2.24) is 19.7 Å². The summed E-state index contributed by atoms with van der Waals surface area (Å²) in [7, 11) is 1.98. The third-order valence-corrected chi connectivity index (χ3v) is 5.63. The van der Waals surface area contributed by atoms with Crippen LogP contribution < -0.4 is 0 Å². The Labute approximate surface area is 168 Å². The molecule has 0 radical (unpaired) electrons. The summed E-state index contributed by atoms with van der Waals surface area (Å²) < 4.78 is 7.71. The minimum Gasteiger partial charge on any atom is -0.377 e. The summed E-state index contributed by atoms with van der Waals surface area (Å²) in [6.45, 7) is 1.66. The molecule has 6 heteroatoms. The third-order valence-electron chi connectivity index (χ3n) is 5.63. The molecule has 4 aromatic rings. The zero-order chi connectivity index (χ0) is 19.8. The van der Waals surface area contributed by atoms with Crippen LogP contribution >= 0.6 is 0 Å². The summed E-state index contributed by atoms with van der Waals surface area (Å²) in [6.07, 6.45) is 5.60. The predicted octanol–water partition coefficient (Wildman–Crippen LogP) is 3.78. The second-order valence-corrected chi connectivity index (χ2v) is 7.37. The average Bonchev–Trinajstić information content (AvgIpc) is 3.42. The molecule has 1 aliphatic heterocycles. The molecule has 1 saturated heterocycles. The van der Waals surface area contributed by atoms with Gasteiger partial charge >= 0.3 is 0 Å². The van der Waals surface area contributed by atoms with Crippen LogP contribution in [0.15, 0.2) is 67.1 Å². The van der Waals surface area contributed by atoms with E-state index < -0.39 is 0 Å². The number of morpholine rings is 1.